The lowest BCUT2D eigenvalue weighted by atomic mass is 10.1. The Balaban J connectivity index is 1.40. The molecule has 0 saturated carbocycles. The van der Waals surface area contributed by atoms with Crippen LogP contribution in [-0.4, -0.2) is 31.2 Å². The van der Waals surface area contributed by atoms with Crippen molar-refractivity contribution in [2.24, 2.45) is 0 Å². The van der Waals surface area contributed by atoms with Crippen LogP contribution in [-0.2, 0) is 32.2 Å². The van der Waals surface area contributed by atoms with Crippen molar-refractivity contribution in [2.75, 3.05) is 6.61 Å². The van der Waals surface area contributed by atoms with Crippen molar-refractivity contribution in [3.8, 4) is 0 Å². The molecular weight excluding hydrogens is 316 g/mol. The average Bonchev–Trinajstić information content (AvgIpc) is 3.13. The van der Waals surface area contributed by atoms with Gasteiger partial charge in [0.1, 0.15) is 6.10 Å². The van der Waals surface area contributed by atoms with Crippen molar-refractivity contribution in [2.45, 2.75) is 44.4 Å². The van der Waals surface area contributed by atoms with Crippen LogP contribution in [0.2, 0.25) is 0 Å². The van der Waals surface area contributed by atoms with Gasteiger partial charge in [-0.25, -0.2) is 0 Å². The van der Waals surface area contributed by atoms with Crippen LogP contribution in [0.15, 0.2) is 60.7 Å². The minimum absolute atomic E-state index is 0.0245. The van der Waals surface area contributed by atoms with E-state index >= 15 is 0 Å². The minimum atomic E-state index is -0.528. The Morgan fingerprint density at radius 3 is 2.24 bits per heavy atom. The standard InChI is InChI=1S/C21H24O4/c22-13-21(24-15-18-9-5-2-6-10-18)20-12-11-19(25-20)16-23-14-17-7-3-1-4-8-17/h1-10,13,19-21H,11-12,14-16H2/t19-,20-,21-/m1/s1. The van der Waals surface area contributed by atoms with Gasteiger partial charge in [-0.15, -0.1) is 0 Å². The molecule has 0 radical (unpaired) electrons. The zero-order chi connectivity index (χ0) is 17.3. The van der Waals surface area contributed by atoms with Gasteiger partial charge in [0.25, 0.3) is 0 Å². The molecule has 4 nitrogen and oxygen atoms in total. The molecule has 0 unspecified atom stereocenters. The van der Waals surface area contributed by atoms with Crippen molar-refractivity contribution in [3.05, 3.63) is 71.8 Å². The first-order valence-electron chi connectivity index (χ1n) is 8.73. The smallest absolute Gasteiger partial charge is 0.151 e. The highest BCUT2D eigenvalue weighted by Crippen LogP contribution is 2.24. The Morgan fingerprint density at radius 1 is 0.960 bits per heavy atom. The van der Waals surface area contributed by atoms with Crippen LogP contribution in [0.25, 0.3) is 0 Å². The lowest BCUT2D eigenvalue weighted by Crippen LogP contribution is -2.31. The molecular formula is C21H24O4. The van der Waals surface area contributed by atoms with Gasteiger partial charge in [-0.3, -0.25) is 0 Å². The third-order valence-electron chi connectivity index (χ3n) is 4.34. The van der Waals surface area contributed by atoms with Crippen molar-refractivity contribution >= 4 is 6.29 Å². The summed E-state index contributed by atoms with van der Waals surface area (Å²) in [5.41, 5.74) is 2.20. The normalized spacial score (nSPS) is 21.1. The molecule has 1 fully saturated rings. The fourth-order valence-electron chi connectivity index (χ4n) is 2.98. The number of carbonyl (C=O) groups excluding carboxylic acids is 1. The van der Waals surface area contributed by atoms with Crippen molar-refractivity contribution in [3.63, 3.8) is 0 Å². The number of rotatable bonds is 9. The number of hydrogen-bond acceptors (Lipinski definition) is 4. The van der Waals surface area contributed by atoms with E-state index in [-0.39, 0.29) is 12.2 Å². The third kappa shape index (κ3) is 5.49. The zero-order valence-electron chi connectivity index (χ0n) is 14.3. The Hall–Kier alpha value is -2.01. The molecule has 2 aromatic carbocycles. The van der Waals surface area contributed by atoms with E-state index in [2.05, 4.69) is 0 Å². The van der Waals surface area contributed by atoms with E-state index in [9.17, 15) is 4.79 Å². The van der Waals surface area contributed by atoms with Crippen LogP contribution in [0.3, 0.4) is 0 Å². The van der Waals surface area contributed by atoms with Gasteiger partial charge in [-0.2, -0.15) is 0 Å². The quantitative estimate of drug-likeness (QED) is 0.655. The lowest BCUT2D eigenvalue weighted by molar-refractivity contribution is -0.132. The number of hydrogen-bond donors (Lipinski definition) is 0. The second-order valence-electron chi connectivity index (χ2n) is 6.27. The van der Waals surface area contributed by atoms with E-state index in [1.54, 1.807) is 0 Å². The van der Waals surface area contributed by atoms with E-state index in [0.717, 1.165) is 30.3 Å². The number of carbonyl (C=O) groups is 1. The predicted octanol–water partition coefficient (Wildman–Crippen LogP) is 3.54. The van der Waals surface area contributed by atoms with Gasteiger partial charge in [-0.1, -0.05) is 60.7 Å². The third-order valence-corrected chi connectivity index (χ3v) is 4.34. The Kier molecular flexibility index (Phi) is 6.74. The predicted molar refractivity (Wildman–Crippen MR) is 95.1 cm³/mol. The SMILES string of the molecule is O=C[C@@H](OCc1ccccc1)[C@H]1CC[C@H](COCc2ccccc2)O1. The molecule has 0 aliphatic carbocycles. The minimum Gasteiger partial charge on any atom is -0.374 e. The fraction of sp³-hybridized carbons (Fsp3) is 0.381. The molecule has 0 N–H and O–H groups in total. The molecule has 25 heavy (non-hydrogen) atoms. The molecule has 1 saturated heterocycles. The van der Waals surface area contributed by atoms with Crippen LogP contribution in [0.5, 0.6) is 0 Å². The highest BCUT2D eigenvalue weighted by molar-refractivity contribution is 5.57. The summed E-state index contributed by atoms with van der Waals surface area (Å²) >= 11 is 0. The van der Waals surface area contributed by atoms with Crippen LogP contribution >= 0.6 is 0 Å². The molecule has 0 bridgehead atoms. The second-order valence-corrected chi connectivity index (χ2v) is 6.27. The van der Waals surface area contributed by atoms with Crippen LogP contribution in [0.4, 0.5) is 0 Å². The maximum absolute atomic E-state index is 11.4. The Bertz CT molecular complexity index is 629. The molecule has 1 heterocycles. The zero-order valence-corrected chi connectivity index (χ0v) is 14.3. The van der Waals surface area contributed by atoms with Gasteiger partial charge >= 0.3 is 0 Å². The first-order valence-corrected chi connectivity index (χ1v) is 8.73. The highest BCUT2D eigenvalue weighted by atomic mass is 16.6. The summed E-state index contributed by atoms with van der Waals surface area (Å²) in [5.74, 6) is 0. The van der Waals surface area contributed by atoms with Crippen molar-refractivity contribution in [1.82, 2.24) is 0 Å². The maximum Gasteiger partial charge on any atom is 0.151 e. The molecule has 3 rings (SSSR count). The Morgan fingerprint density at radius 2 is 1.60 bits per heavy atom. The molecule has 2 aromatic rings. The average molecular weight is 340 g/mol. The van der Waals surface area contributed by atoms with Gasteiger partial charge < -0.3 is 19.0 Å². The first-order chi connectivity index (χ1) is 12.3. The monoisotopic (exact) mass is 340 g/mol. The van der Waals surface area contributed by atoms with Gasteiger partial charge in [0.05, 0.1) is 32.0 Å². The van der Waals surface area contributed by atoms with E-state index in [0.29, 0.717) is 19.8 Å². The topological polar surface area (TPSA) is 44.8 Å². The van der Waals surface area contributed by atoms with Crippen molar-refractivity contribution < 1.29 is 19.0 Å². The number of aldehydes is 1. The molecule has 4 heteroatoms. The molecule has 0 amide bonds. The molecule has 3 atom stereocenters. The lowest BCUT2D eigenvalue weighted by Gasteiger charge is -2.20. The summed E-state index contributed by atoms with van der Waals surface area (Å²) in [4.78, 5) is 11.4. The summed E-state index contributed by atoms with van der Waals surface area (Å²) in [7, 11) is 0. The molecule has 1 aliphatic heterocycles. The number of ether oxygens (including phenoxy) is 3. The number of benzene rings is 2. The summed E-state index contributed by atoms with van der Waals surface area (Å²) < 4.78 is 17.4. The van der Waals surface area contributed by atoms with E-state index < -0.39 is 6.10 Å². The largest absolute Gasteiger partial charge is 0.374 e. The van der Waals surface area contributed by atoms with Gasteiger partial charge in [0.2, 0.25) is 0 Å². The summed E-state index contributed by atoms with van der Waals surface area (Å²) in [6, 6.07) is 19.9. The molecule has 0 spiro atoms. The molecule has 0 aromatic heterocycles. The van der Waals surface area contributed by atoms with Gasteiger partial charge in [-0.05, 0) is 24.0 Å². The van der Waals surface area contributed by atoms with Crippen LogP contribution < -0.4 is 0 Å². The maximum atomic E-state index is 11.4. The molecule has 1 aliphatic rings. The van der Waals surface area contributed by atoms with Crippen LogP contribution in [0, 0.1) is 0 Å². The summed E-state index contributed by atoms with van der Waals surface area (Å²) in [6.45, 7) is 1.53. The molecule has 132 valence electrons. The Labute approximate surface area is 148 Å². The first kappa shape index (κ1) is 17.8. The highest BCUT2D eigenvalue weighted by Gasteiger charge is 2.32. The summed E-state index contributed by atoms with van der Waals surface area (Å²) in [6.07, 6.45) is 1.86. The van der Waals surface area contributed by atoms with E-state index in [1.807, 2.05) is 60.7 Å². The second kappa shape index (κ2) is 9.47. The van der Waals surface area contributed by atoms with E-state index in [1.165, 1.54) is 0 Å². The van der Waals surface area contributed by atoms with Crippen molar-refractivity contribution in [1.29, 1.82) is 0 Å². The van der Waals surface area contributed by atoms with Crippen LogP contribution in [0.1, 0.15) is 24.0 Å². The van der Waals surface area contributed by atoms with Gasteiger partial charge in [0, 0.05) is 0 Å². The fourth-order valence-corrected chi connectivity index (χ4v) is 2.98. The van der Waals surface area contributed by atoms with E-state index in [4.69, 9.17) is 14.2 Å². The van der Waals surface area contributed by atoms with Gasteiger partial charge in [0.15, 0.2) is 6.29 Å². The summed E-state index contributed by atoms with van der Waals surface area (Å²) in [5, 5.41) is 0.